The molecule has 3 heterocycles. The van der Waals surface area contributed by atoms with Gasteiger partial charge in [-0.15, -0.1) is 0 Å². The van der Waals surface area contributed by atoms with E-state index in [-0.39, 0.29) is 24.4 Å². The Morgan fingerprint density at radius 3 is 2.61 bits per heavy atom. The van der Waals surface area contributed by atoms with Gasteiger partial charge in [-0.05, 0) is 35.7 Å². The van der Waals surface area contributed by atoms with Crippen LogP contribution in [0.1, 0.15) is 42.6 Å². The molecule has 0 spiro atoms. The summed E-state index contributed by atoms with van der Waals surface area (Å²) in [5.74, 6) is 0.827. The van der Waals surface area contributed by atoms with Crippen LogP contribution in [0.25, 0.3) is 10.9 Å². The number of para-hydroxylation sites is 1. The van der Waals surface area contributed by atoms with Crippen LogP contribution in [0.2, 0.25) is 0 Å². The SMILES string of the molecule is CCCCN1CC(=O)N2[C@H](c3ccc(OC)cc3)c3[nH]c4ccccc4c3C[C@@H]2C1=O. The normalized spacial score (nSPS) is 20.7. The molecule has 160 valence electrons. The molecule has 0 aliphatic carbocycles. The fraction of sp³-hybridized carbons (Fsp3) is 0.360. The number of H-pyrrole nitrogens is 1. The second kappa shape index (κ2) is 7.76. The summed E-state index contributed by atoms with van der Waals surface area (Å²) in [7, 11) is 1.64. The Morgan fingerprint density at radius 2 is 1.87 bits per heavy atom. The molecule has 31 heavy (non-hydrogen) atoms. The predicted octanol–water partition coefficient (Wildman–Crippen LogP) is 3.66. The summed E-state index contributed by atoms with van der Waals surface area (Å²) in [5, 5.41) is 1.13. The Labute approximate surface area is 181 Å². The number of rotatable bonds is 5. The summed E-state index contributed by atoms with van der Waals surface area (Å²) in [6.07, 6.45) is 2.44. The van der Waals surface area contributed by atoms with Gasteiger partial charge < -0.3 is 19.5 Å². The van der Waals surface area contributed by atoms with Crippen molar-refractivity contribution in [1.29, 1.82) is 0 Å². The van der Waals surface area contributed by atoms with Crippen LogP contribution in [-0.4, -0.2) is 52.8 Å². The molecule has 0 saturated carbocycles. The largest absolute Gasteiger partial charge is 0.497 e. The molecular formula is C25H27N3O3. The highest BCUT2D eigenvalue weighted by Crippen LogP contribution is 2.42. The number of ether oxygens (including phenoxy) is 1. The third-order valence-corrected chi connectivity index (χ3v) is 6.56. The van der Waals surface area contributed by atoms with E-state index in [1.54, 1.807) is 12.0 Å². The Kier molecular flexibility index (Phi) is 4.93. The fourth-order valence-electron chi connectivity index (χ4n) is 4.99. The zero-order valence-corrected chi connectivity index (χ0v) is 17.9. The zero-order chi connectivity index (χ0) is 21.5. The predicted molar refractivity (Wildman–Crippen MR) is 119 cm³/mol. The lowest BCUT2D eigenvalue weighted by Crippen LogP contribution is -2.63. The molecule has 2 amide bonds. The van der Waals surface area contributed by atoms with Crippen LogP contribution >= 0.6 is 0 Å². The van der Waals surface area contributed by atoms with Crippen molar-refractivity contribution >= 4 is 22.7 Å². The molecule has 2 aromatic carbocycles. The van der Waals surface area contributed by atoms with Gasteiger partial charge in [-0.25, -0.2) is 0 Å². The summed E-state index contributed by atoms with van der Waals surface area (Å²) < 4.78 is 5.32. The molecule has 2 aliphatic rings. The molecule has 0 radical (unpaired) electrons. The number of amides is 2. The number of hydrogen-bond donors (Lipinski definition) is 1. The van der Waals surface area contributed by atoms with Gasteiger partial charge >= 0.3 is 0 Å². The fourth-order valence-corrected chi connectivity index (χ4v) is 4.99. The monoisotopic (exact) mass is 417 g/mol. The summed E-state index contributed by atoms with van der Waals surface area (Å²) in [6, 6.07) is 15.2. The summed E-state index contributed by atoms with van der Waals surface area (Å²) >= 11 is 0. The first-order valence-electron chi connectivity index (χ1n) is 11.0. The molecule has 6 nitrogen and oxygen atoms in total. The van der Waals surface area contributed by atoms with Crippen LogP contribution in [0.4, 0.5) is 0 Å². The molecule has 2 aliphatic heterocycles. The lowest BCUT2D eigenvalue weighted by Gasteiger charge is -2.47. The standard InChI is InChI=1S/C25H27N3O3/c1-3-4-13-27-15-22(29)28-21(25(27)30)14-19-18-7-5-6-8-20(18)26-23(19)24(28)16-9-11-17(31-2)12-10-16/h5-12,21,24,26H,3-4,13-15H2,1-2H3/t21-,24-/m1/s1. The Bertz CT molecular complexity index is 1130. The Morgan fingerprint density at radius 1 is 1.10 bits per heavy atom. The van der Waals surface area contributed by atoms with Gasteiger partial charge in [0.1, 0.15) is 11.8 Å². The van der Waals surface area contributed by atoms with Crippen molar-refractivity contribution in [2.24, 2.45) is 0 Å². The van der Waals surface area contributed by atoms with E-state index in [2.05, 4.69) is 24.0 Å². The minimum atomic E-state index is -0.475. The molecule has 3 aromatic rings. The summed E-state index contributed by atoms with van der Waals surface area (Å²) in [4.78, 5) is 33.9. The first-order chi connectivity index (χ1) is 15.1. The first-order valence-corrected chi connectivity index (χ1v) is 11.0. The maximum absolute atomic E-state index is 13.5. The number of piperazine rings is 1. The van der Waals surface area contributed by atoms with E-state index in [4.69, 9.17) is 4.74 Å². The first kappa shape index (κ1) is 19.7. The van der Waals surface area contributed by atoms with Gasteiger partial charge in [0.05, 0.1) is 19.7 Å². The third-order valence-electron chi connectivity index (χ3n) is 6.56. The number of carbonyl (C=O) groups excluding carboxylic acids is 2. The van der Waals surface area contributed by atoms with Crippen molar-refractivity contribution in [2.75, 3.05) is 20.2 Å². The molecule has 1 N–H and O–H groups in total. The number of unbranched alkanes of at least 4 members (excludes halogenated alkanes) is 1. The van der Waals surface area contributed by atoms with Gasteiger partial charge in [0, 0.05) is 29.6 Å². The van der Waals surface area contributed by atoms with Crippen molar-refractivity contribution in [1.82, 2.24) is 14.8 Å². The number of fused-ring (bicyclic) bond motifs is 4. The molecule has 0 bridgehead atoms. The number of aromatic nitrogens is 1. The quantitative estimate of drug-likeness (QED) is 0.689. The lowest BCUT2D eigenvalue weighted by molar-refractivity contribution is -0.158. The van der Waals surface area contributed by atoms with Crippen LogP contribution in [0.3, 0.4) is 0 Å². The number of nitrogens with zero attached hydrogens (tertiary/aromatic N) is 2. The number of nitrogens with one attached hydrogen (secondary N) is 1. The minimum Gasteiger partial charge on any atom is -0.497 e. The average Bonchev–Trinajstić information content (AvgIpc) is 3.17. The topological polar surface area (TPSA) is 65.6 Å². The van der Waals surface area contributed by atoms with Gasteiger partial charge in [-0.2, -0.15) is 0 Å². The van der Waals surface area contributed by atoms with E-state index >= 15 is 0 Å². The maximum Gasteiger partial charge on any atom is 0.246 e. The van der Waals surface area contributed by atoms with E-state index in [0.29, 0.717) is 13.0 Å². The summed E-state index contributed by atoms with van der Waals surface area (Å²) in [6.45, 7) is 2.89. The zero-order valence-electron chi connectivity index (χ0n) is 17.9. The van der Waals surface area contributed by atoms with Gasteiger partial charge in [-0.3, -0.25) is 9.59 Å². The second-order valence-corrected chi connectivity index (χ2v) is 8.37. The van der Waals surface area contributed by atoms with Crippen molar-refractivity contribution in [3.8, 4) is 5.75 Å². The Balaban J connectivity index is 1.65. The van der Waals surface area contributed by atoms with E-state index in [9.17, 15) is 9.59 Å². The third kappa shape index (κ3) is 3.17. The maximum atomic E-state index is 13.5. The van der Waals surface area contributed by atoms with Crippen LogP contribution in [0, 0.1) is 0 Å². The number of aromatic amines is 1. The number of hydrogen-bond acceptors (Lipinski definition) is 3. The molecule has 1 saturated heterocycles. The second-order valence-electron chi connectivity index (χ2n) is 8.37. The highest BCUT2D eigenvalue weighted by molar-refractivity contribution is 5.97. The van der Waals surface area contributed by atoms with Crippen molar-refractivity contribution in [3.63, 3.8) is 0 Å². The number of carbonyl (C=O) groups is 2. The number of methoxy groups -OCH3 is 1. The van der Waals surface area contributed by atoms with Crippen LogP contribution in [0.15, 0.2) is 48.5 Å². The van der Waals surface area contributed by atoms with E-state index in [1.807, 2.05) is 41.3 Å². The Hall–Kier alpha value is -3.28. The van der Waals surface area contributed by atoms with E-state index < -0.39 is 6.04 Å². The molecule has 5 rings (SSSR count). The molecule has 1 fully saturated rings. The van der Waals surface area contributed by atoms with Crippen LogP contribution < -0.4 is 4.74 Å². The van der Waals surface area contributed by atoms with Crippen molar-refractivity contribution in [2.45, 2.75) is 38.3 Å². The number of benzene rings is 2. The van der Waals surface area contributed by atoms with E-state index in [0.717, 1.165) is 46.3 Å². The summed E-state index contributed by atoms with van der Waals surface area (Å²) in [5.41, 5.74) is 4.15. The van der Waals surface area contributed by atoms with Gasteiger partial charge in [0.25, 0.3) is 0 Å². The van der Waals surface area contributed by atoms with E-state index in [1.165, 1.54) is 0 Å². The highest BCUT2D eigenvalue weighted by Gasteiger charge is 2.47. The molecule has 6 heteroatoms. The average molecular weight is 418 g/mol. The minimum absolute atomic E-state index is 0.00540. The van der Waals surface area contributed by atoms with Gasteiger partial charge in [0.2, 0.25) is 11.8 Å². The van der Waals surface area contributed by atoms with Crippen molar-refractivity contribution < 1.29 is 14.3 Å². The van der Waals surface area contributed by atoms with Gasteiger partial charge in [-0.1, -0.05) is 43.7 Å². The van der Waals surface area contributed by atoms with Crippen LogP contribution in [0.5, 0.6) is 5.75 Å². The molecule has 0 unspecified atom stereocenters. The molecular weight excluding hydrogens is 390 g/mol. The highest BCUT2D eigenvalue weighted by atomic mass is 16.5. The van der Waals surface area contributed by atoms with Gasteiger partial charge in [0.15, 0.2) is 0 Å². The lowest BCUT2D eigenvalue weighted by atomic mass is 9.86. The molecule has 2 atom stereocenters. The van der Waals surface area contributed by atoms with Crippen molar-refractivity contribution in [3.05, 3.63) is 65.4 Å². The van der Waals surface area contributed by atoms with Crippen LogP contribution in [-0.2, 0) is 16.0 Å². The smallest absolute Gasteiger partial charge is 0.246 e. The molecule has 1 aromatic heterocycles.